The number of aryl methyl sites for hydroxylation is 1. The second kappa shape index (κ2) is 7.14. The predicted molar refractivity (Wildman–Crippen MR) is 95.9 cm³/mol. The van der Waals surface area contributed by atoms with E-state index in [9.17, 15) is 4.79 Å². The first-order valence-electron chi connectivity index (χ1n) is 8.61. The van der Waals surface area contributed by atoms with Crippen LogP contribution in [0.15, 0.2) is 36.5 Å². The molecule has 3 rings (SSSR count). The van der Waals surface area contributed by atoms with E-state index < -0.39 is 0 Å². The number of carbonyl (C=O) groups is 1. The largest absolute Gasteiger partial charge is 0.338 e. The number of nitrogens with two attached hydrogens (primary N) is 1. The Morgan fingerprint density at radius 3 is 2.88 bits per heavy atom. The van der Waals surface area contributed by atoms with Gasteiger partial charge in [0.05, 0.1) is 0 Å². The normalized spacial score (nSPS) is 17.8. The summed E-state index contributed by atoms with van der Waals surface area (Å²) in [6.07, 6.45) is 3.86. The third-order valence-corrected chi connectivity index (χ3v) is 5.11. The summed E-state index contributed by atoms with van der Waals surface area (Å²) in [6, 6.07) is 10.2. The van der Waals surface area contributed by atoms with Crippen molar-refractivity contribution in [2.45, 2.75) is 39.2 Å². The minimum absolute atomic E-state index is 0.118. The van der Waals surface area contributed by atoms with E-state index in [4.69, 9.17) is 5.73 Å². The summed E-state index contributed by atoms with van der Waals surface area (Å²) >= 11 is 0. The molecule has 1 amide bonds. The Bertz CT molecular complexity index is 741. The van der Waals surface area contributed by atoms with Crippen LogP contribution in [0.3, 0.4) is 0 Å². The van der Waals surface area contributed by atoms with Gasteiger partial charge in [0, 0.05) is 43.0 Å². The third-order valence-electron chi connectivity index (χ3n) is 5.11. The summed E-state index contributed by atoms with van der Waals surface area (Å²) in [6.45, 7) is 6.05. The van der Waals surface area contributed by atoms with Gasteiger partial charge in [-0.2, -0.15) is 0 Å². The van der Waals surface area contributed by atoms with Crippen LogP contribution in [0.1, 0.15) is 51.5 Å². The molecule has 4 nitrogen and oxygen atoms in total. The number of pyridine rings is 1. The predicted octanol–water partition coefficient (Wildman–Crippen LogP) is 3.18. The number of benzene rings is 1. The van der Waals surface area contributed by atoms with E-state index in [2.05, 4.69) is 23.2 Å². The van der Waals surface area contributed by atoms with E-state index >= 15 is 0 Å². The molecule has 1 fully saturated rings. The molecule has 0 radical (unpaired) electrons. The number of likely N-dealkylation sites (tertiary alicyclic amines) is 1. The molecule has 1 atom stereocenters. The maximum absolute atomic E-state index is 13.0. The van der Waals surface area contributed by atoms with Gasteiger partial charge in [-0.25, -0.2) is 0 Å². The zero-order valence-electron chi connectivity index (χ0n) is 14.5. The Hall–Kier alpha value is -2.20. The summed E-state index contributed by atoms with van der Waals surface area (Å²) in [7, 11) is 0. The fraction of sp³-hybridized carbons (Fsp3) is 0.400. The van der Waals surface area contributed by atoms with Crippen LogP contribution in [0.25, 0.3) is 0 Å². The molecular formula is C20H25N3O. The molecule has 1 aromatic heterocycles. The zero-order chi connectivity index (χ0) is 17.1. The SMILES string of the molecule is Cc1nccc(C(=O)N2CCCC(c3ccccc3CN)C2)c1C. The number of aromatic nitrogens is 1. The number of amides is 1. The van der Waals surface area contributed by atoms with Crippen molar-refractivity contribution in [3.8, 4) is 0 Å². The van der Waals surface area contributed by atoms with Gasteiger partial charge in [-0.1, -0.05) is 24.3 Å². The average Bonchev–Trinajstić information content (AvgIpc) is 2.63. The fourth-order valence-corrected chi connectivity index (χ4v) is 3.58. The molecule has 4 heteroatoms. The van der Waals surface area contributed by atoms with Gasteiger partial charge in [-0.15, -0.1) is 0 Å². The lowest BCUT2D eigenvalue weighted by molar-refractivity contribution is 0.0706. The first kappa shape index (κ1) is 16.7. The van der Waals surface area contributed by atoms with Crippen molar-refractivity contribution >= 4 is 5.91 Å². The van der Waals surface area contributed by atoms with Crippen molar-refractivity contribution in [3.05, 3.63) is 64.5 Å². The molecule has 0 spiro atoms. The lowest BCUT2D eigenvalue weighted by Gasteiger charge is -2.34. The van der Waals surface area contributed by atoms with Crippen molar-refractivity contribution in [1.82, 2.24) is 9.88 Å². The van der Waals surface area contributed by atoms with E-state index in [0.29, 0.717) is 12.5 Å². The second-order valence-corrected chi connectivity index (χ2v) is 6.56. The minimum atomic E-state index is 0.118. The molecule has 0 bridgehead atoms. The summed E-state index contributed by atoms with van der Waals surface area (Å²) in [5.74, 6) is 0.485. The molecule has 126 valence electrons. The highest BCUT2D eigenvalue weighted by Gasteiger charge is 2.27. The number of hydrogen-bond donors (Lipinski definition) is 1. The molecular weight excluding hydrogens is 298 g/mol. The van der Waals surface area contributed by atoms with E-state index in [1.165, 1.54) is 11.1 Å². The molecule has 1 aliphatic rings. The van der Waals surface area contributed by atoms with Crippen LogP contribution in [0.4, 0.5) is 0 Å². The lowest BCUT2D eigenvalue weighted by atomic mass is 9.87. The van der Waals surface area contributed by atoms with Crippen LogP contribution in [0.5, 0.6) is 0 Å². The molecule has 1 aliphatic heterocycles. The molecule has 1 aromatic carbocycles. The van der Waals surface area contributed by atoms with Crippen LogP contribution in [-0.4, -0.2) is 28.9 Å². The number of hydrogen-bond acceptors (Lipinski definition) is 3. The zero-order valence-corrected chi connectivity index (χ0v) is 14.5. The molecule has 24 heavy (non-hydrogen) atoms. The lowest BCUT2D eigenvalue weighted by Crippen LogP contribution is -2.39. The third kappa shape index (κ3) is 3.20. The molecule has 1 saturated heterocycles. The van der Waals surface area contributed by atoms with E-state index in [1.54, 1.807) is 6.20 Å². The van der Waals surface area contributed by atoms with Gasteiger partial charge in [-0.05, 0) is 49.4 Å². The molecule has 2 aromatic rings. The summed E-state index contributed by atoms with van der Waals surface area (Å²) in [4.78, 5) is 19.2. The van der Waals surface area contributed by atoms with E-state index in [-0.39, 0.29) is 5.91 Å². The quantitative estimate of drug-likeness (QED) is 0.944. The Morgan fingerprint density at radius 2 is 2.08 bits per heavy atom. The molecule has 0 aliphatic carbocycles. The van der Waals surface area contributed by atoms with Crippen molar-refractivity contribution in [2.24, 2.45) is 5.73 Å². The van der Waals surface area contributed by atoms with Gasteiger partial charge < -0.3 is 10.6 Å². The number of carbonyl (C=O) groups excluding carboxylic acids is 1. The van der Waals surface area contributed by atoms with Gasteiger partial charge >= 0.3 is 0 Å². The Labute approximate surface area is 143 Å². The molecule has 2 heterocycles. The smallest absolute Gasteiger partial charge is 0.254 e. The number of piperidine rings is 1. The molecule has 1 unspecified atom stereocenters. The van der Waals surface area contributed by atoms with E-state index in [0.717, 1.165) is 42.8 Å². The number of nitrogens with zero attached hydrogens (tertiary/aromatic N) is 2. The van der Waals surface area contributed by atoms with Gasteiger partial charge in [0.25, 0.3) is 5.91 Å². The monoisotopic (exact) mass is 323 g/mol. The minimum Gasteiger partial charge on any atom is -0.338 e. The Kier molecular flexibility index (Phi) is 4.95. The average molecular weight is 323 g/mol. The van der Waals surface area contributed by atoms with Crippen molar-refractivity contribution < 1.29 is 4.79 Å². The Morgan fingerprint density at radius 1 is 1.29 bits per heavy atom. The highest BCUT2D eigenvalue weighted by molar-refractivity contribution is 5.95. The standard InChI is InChI=1S/C20H25N3O/c1-14-15(2)22-10-9-18(14)20(24)23-11-5-7-17(13-23)19-8-4-3-6-16(19)12-21/h3-4,6,8-10,17H,5,7,11-13,21H2,1-2H3. The summed E-state index contributed by atoms with van der Waals surface area (Å²) in [5.41, 5.74) is 11.0. The first-order valence-corrected chi connectivity index (χ1v) is 8.61. The number of rotatable bonds is 3. The van der Waals surface area contributed by atoms with Gasteiger partial charge in [0.1, 0.15) is 0 Å². The Balaban J connectivity index is 1.83. The summed E-state index contributed by atoms with van der Waals surface area (Å²) < 4.78 is 0. The van der Waals surface area contributed by atoms with Crippen LogP contribution >= 0.6 is 0 Å². The van der Waals surface area contributed by atoms with Crippen molar-refractivity contribution in [1.29, 1.82) is 0 Å². The van der Waals surface area contributed by atoms with Crippen molar-refractivity contribution in [3.63, 3.8) is 0 Å². The first-order chi connectivity index (χ1) is 11.6. The maximum Gasteiger partial charge on any atom is 0.254 e. The topological polar surface area (TPSA) is 59.2 Å². The van der Waals surface area contributed by atoms with Gasteiger partial charge in [0.2, 0.25) is 0 Å². The molecule has 2 N–H and O–H groups in total. The van der Waals surface area contributed by atoms with E-state index in [1.807, 2.05) is 30.9 Å². The van der Waals surface area contributed by atoms with Gasteiger partial charge in [0.15, 0.2) is 0 Å². The van der Waals surface area contributed by atoms with Crippen LogP contribution in [0, 0.1) is 13.8 Å². The fourth-order valence-electron chi connectivity index (χ4n) is 3.58. The molecule has 0 saturated carbocycles. The van der Waals surface area contributed by atoms with Crippen LogP contribution in [0.2, 0.25) is 0 Å². The van der Waals surface area contributed by atoms with Crippen molar-refractivity contribution in [2.75, 3.05) is 13.1 Å². The van der Waals surface area contributed by atoms with Crippen LogP contribution < -0.4 is 5.73 Å². The maximum atomic E-state index is 13.0. The van der Waals surface area contributed by atoms with Crippen LogP contribution in [-0.2, 0) is 6.54 Å². The highest BCUT2D eigenvalue weighted by Crippen LogP contribution is 2.30. The summed E-state index contributed by atoms with van der Waals surface area (Å²) in [5, 5.41) is 0. The highest BCUT2D eigenvalue weighted by atomic mass is 16.2. The van der Waals surface area contributed by atoms with Gasteiger partial charge in [-0.3, -0.25) is 9.78 Å². The second-order valence-electron chi connectivity index (χ2n) is 6.56.